The lowest BCUT2D eigenvalue weighted by Gasteiger charge is -2.15. The normalized spacial score (nSPS) is 11.7. The van der Waals surface area contributed by atoms with Crippen molar-refractivity contribution in [2.24, 2.45) is 5.73 Å². The molecule has 1 atom stereocenters. The Hall–Kier alpha value is -2.69. The van der Waals surface area contributed by atoms with Crippen LogP contribution in [-0.2, 0) is 22.4 Å². The first-order valence-electron chi connectivity index (χ1n) is 7.41. The van der Waals surface area contributed by atoms with Crippen LogP contribution < -0.4 is 11.1 Å². The van der Waals surface area contributed by atoms with Gasteiger partial charge in [-0.1, -0.05) is 42.5 Å². The molecule has 4 nitrogen and oxygen atoms in total. The summed E-state index contributed by atoms with van der Waals surface area (Å²) in [6, 6.07) is 14.6. The summed E-state index contributed by atoms with van der Waals surface area (Å²) in [4.78, 5) is 23.5. The van der Waals surface area contributed by atoms with Crippen LogP contribution in [0.25, 0.3) is 0 Å². The maximum atomic E-state index is 12.8. The van der Waals surface area contributed by atoms with E-state index >= 15 is 0 Å². The smallest absolute Gasteiger partial charge is 0.240 e. The van der Waals surface area contributed by atoms with E-state index in [-0.39, 0.29) is 18.1 Å². The van der Waals surface area contributed by atoms with E-state index in [9.17, 15) is 14.0 Å². The number of hydrogen-bond acceptors (Lipinski definition) is 2. The van der Waals surface area contributed by atoms with Crippen LogP contribution in [0.1, 0.15) is 17.5 Å². The summed E-state index contributed by atoms with van der Waals surface area (Å²) in [5.74, 6) is -1.23. The number of nitrogens with one attached hydrogen (secondary N) is 1. The lowest BCUT2D eigenvalue weighted by Crippen LogP contribution is -2.45. The van der Waals surface area contributed by atoms with Gasteiger partial charge in [0.2, 0.25) is 11.8 Å². The van der Waals surface area contributed by atoms with E-state index in [1.54, 1.807) is 0 Å². The van der Waals surface area contributed by atoms with Gasteiger partial charge in [-0.15, -0.1) is 0 Å². The third-order valence-electron chi connectivity index (χ3n) is 3.52. The Bertz CT molecular complexity index is 656. The minimum absolute atomic E-state index is 0.0788. The van der Waals surface area contributed by atoms with Crippen LogP contribution in [0, 0.1) is 5.82 Å². The Kier molecular flexibility index (Phi) is 5.86. The Morgan fingerprint density at radius 2 is 1.65 bits per heavy atom. The summed E-state index contributed by atoms with van der Waals surface area (Å²) in [5.41, 5.74) is 7.11. The number of primary amides is 1. The molecule has 0 fully saturated rings. The molecule has 0 radical (unpaired) electrons. The molecule has 3 N–H and O–H groups in total. The van der Waals surface area contributed by atoms with Gasteiger partial charge in [0.25, 0.3) is 0 Å². The average molecular weight is 314 g/mol. The zero-order chi connectivity index (χ0) is 16.7. The van der Waals surface area contributed by atoms with Gasteiger partial charge in [0.05, 0.1) is 6.42 Å². The Morgan fingerprint density at radius 1 is 1.00 bits per heavy atom. The van der Waals surface area contributed by atoms with Gasteiger partial charge in [-0.2, -0.15) is 0 Å². The van der Waals surface area contributed by atoms with E-state index in [0.29, 0.717) is 18.4 Å². The minimum atomic E-state index is -0.719. The van der Waals surface area contributed by atoms with Gasteiger partial charge in [0, 0.05) is 0 Å². The predicted octanol–water partition coefficient (Wildman–Crippen LogP) is 1.97. The molecule has 2 amide bonds. The topological polar surface area (TPSA) is 72.2 Å². The van der Waals surface area contributed by atoms with Gasteiger partial charge in [-0.05, 0) is 36.1 Å². The monoisotopic (exact) mass is 314 g/mol. The number of rotatable bonds is 7. The second-order valence-corrected chi connectivity index (χ2v) is 5.35. The number of amides is 2. The van der Waals surface area contributed by atoms with Crippen LogP contribution in [0.2, 0.25) is 0 Å². The molecular formula is C18H19FN2O2. The number of carbonyl (C=O) groups excluding carboxylic acids is 2. The van der Waals surface area contributed by atoms with Crippen molar-refractivity contribution in [2.45, 2.75) is 25.3 Å². The largest absolute Gasteiger partial charge is 0.368 e. The number of aryl methyl sites for hydroxylation is 1. The molecule has 2 rings (SSSR count). The zero-order valence-corrected chi connectivity index (χ0v) is 12.7. The standard InChI is InChI=1S/C18H19FN2O2/c19-15-9-6-14(7-10-15)12-17(22)21-16(18(20)23)11-8-13-4-2-1-3-5-13/h1-7,9-10,16H,8,11-12H2,(H2,20,23)(H,21,22)/t16-/m0/s1. The van der Waals surface area contributed by atoms with Crippen molar-refractivity contribution >= 4 is 11.8 Å². The van der Waals surface area contributed by atoms with Crippen LogP contribution >= 0.6 is 0 Å². The molecule has 0 unspecified atom stereocenters. The van der Waals surface area contributed by atoms with Crippen LogP contribution in [0.5, 0.6) is 0 Å². The van der Waals surface area contributed by atoms with E-state index in [2.05, 4.69) is 5.32 Å². The fraction of sp³-hybridized carbons (Fsp3) is 0.222. The number of hydrogen-bond donors (Lipinski definition) is 2. The summed E-state index contributed by atoms with van der Waals surface area (Å²) < 4.78 is 12.8. The first kappa shape index (κ1) is 16.7. The van der Waals surface area contributed by atoms with E-state index < -0.39 is 11.9 Å². The van der Waals surface area contributed by atoms with E-state index in [4.69, 9.17) is 5.73 Å². The number of benzene rings is 2. The molecule has 0 aromatic heterocycles. The first-order chi connectivity index (χ1) is 11.0. The molecule has 2 aromatic carbocycles. The van der Waals surface area contributed by atoms with Gasteiger partial charge in [0.1, 0.15) is 11.9 Å². The molecule has 0 aliphatic carbocycles. The van der Waals surface area contributed by atoms with E-state index in [0.717, 1.165) is 5.56 Å². The maximum absolute atomic E-state index is 12.8. The van der Waals surface area contributed by atoms with Gasteiger partial charge in [-0.3, -0.25) is 9.59 Å². The maximum Gasteiger partial charge on any atom is 0.240 e. The predicted molar refractivity (Wildman–Crippen MR) is 86.0 cm³/mol. The van der Waals surface area contributed by atoms with Gasteiger partial charge >= 0.3 is 0 Å². The Labute approximate surface area is 134 Å². The Morgan fingerprint density at radius 3 is 2.26 bits per heavy atom. The van der Waals surface area contributed by atoms with E-state index in [1.807, 2.05) is 30.3 Å². The van der Waals surface area contributed by atoms with Crippen molar-refractivity contribution in [3.8, 4) is 0 Å². The molecule has 0 aliphatic heterocycles. The second kappa shape index (κ2) is 8.08. The van der Waals surface area contributed by atoms with E-state index in [1.165, 1.54) is 24.3 Å². The highest BCUT2D eigenvalue weighted by Crippen LogP contribution is 2.07. The van der Waals surface area contributed by atoms with Crippen molar-refractivity contribution < 1.29 is 14.0 Å². The summed E-state index contributed by atoms with van der Waals surface area (Å²) in [7, 11) is 0. The highest BCUT2D eigenvalue weighted by Gasteiger charge is 2.18. The molecule has 0 spiro atoms. The Balaban J connectivity index is 1.89. The lowest BCUT2D eigenvalue weighted by atomic mass is 10.0. The lowest BCUT2D eigenvalue weighted by molar-refractivity contribution is -0.127. The number of halogens is 1. The fourth-order valence-corrected chi connectivity index (χ4v) is 2.27. The zero-order valence-electron chi connectivity index (χ0n) is 12.7. The molecule has 0 saturated heterocycles. The molecule has 2 aromatic rings. The van der Waals surface area contributed by atoms with Crippen LogP contribution in [0.15, 0.2) is 54.6 Å². The first-order valence-corrected chi connectivity index (χ1v) is 7.41. The van der Waals surface area contributed by atoms with Crippen molar-refractivity contribution in [2.75, 3.05) is 0 Å². The van der Waals surface area contributed by atoms with Crippen molar-refractivity contribution in [3.63, 3.8) is 0 Å². The molecule has 120 valence electrons. The van der Waals surface area contributed by atoms with Crippen LogP contribution in [-0.4, -0.2) is 17.9 Å². The molecule has 5 heteroatoms. The molecule has 0 aliphatic rings. The van der Waals surface area contributed by atoms with Crippen molar-refractivity contribution in [1.82, 2.24) is 5.32 Å². The highest BCUT2D eigenvalue weighted by molar-refractivity contribution is 5.87. The van der Waals surface area contributed by atoms with Gasteiger partial charge in [-0.25, -0.2) is 4.39 Å². The third kappa shape index (κ3) is 5.54. The molecule has 23 heavy (non-hydrogen) atoms. The SMILES string of the molecule is NC(=O)[C@H](CCc1ccccc1)NC(=O)Cc1ccc(F)cc1. The molecular weight excluding hydrogens is 295 g/mol. The summed E-state index contributed by atoms with van der Waals surface area (Å²) >= 11 is 0. The van der Waals surface area contributed by atoms with Crippen LogP contribution in [0.3, 0.4) is 0 Å². The average Bonchev–Trinajstić information content (AvgIpc) is 2.54. The van der Waals surface area contributed by atoms with Gasteiger partial charge in [0.15, 0.2) is 0 Å². The van der Waals surface area contributed by atoms with Crippen LogP contribution in [0.4, 0.5) is 4.39 Å². The molecule has 0 bridgehead atoms. The summed E-state index contributed by atoms with van der Waals surface area (Å²) in [6.07, 6.45) is 1.16. The number of nitrogens with two attached hydrogens (primary N) is 1. The second-order valence-electron chi connectivity index (χ2n) is 5.35. The highest BCUT2D eigenvalue weighted by atomic mass is 19.1. The quantitative estimate of drug-likeness (QED) is 0.820. The summed E-state index contributed by atoms with van der Waals surface area (Å²) in [5, 5.41) is 2.64. The molecule has 0 saturated carbocycles. The van der Waals surface area contributed by atoms with Gasteiger partial charge < -0.3 is 11.1 Å². The third-order valence-corrected chi connectivity index (χ3v) is 3.52. The molecule has 0 heterocycles. The van der Waals surface area contributed by atoms with Crippen molar-refractivity contribution in [1.29, 1.82) is 0 Å². The minimum Gasteiger partial charge on any atom is -0.368 e. The fourth-order valence-electron chi connectivity index (χ4n) is 2.27. The summed E-state index contributed by atoms with van der Waals surface area (Å²) in [6.45, 7) is 0. The number of carbonyl (C=O) groups is 2. The van der Waals surface area contributed by atoms with Crippen molar-refractivity contribution in [3.05, 3.63) is 71.5 Å².